The predicted molar refractivity (Wildman–Crippen MR) is 83.5 cm³/mol. The molecule has 0 aliphatic carbocycles. The van der Waals surface area contributed by atoms with E-state index < -0.39 is 11.7 Å². The number of anilines is 1. The minimum atomic E-state index is -4.32. The number of hydrogen-bond acceptors (Lipinski definition) is 4. The maximum Gasteiger partial charge on any atom is 0.417 e. The van der Waals surface area contributed by atoms with Crippen LogP contribution in [0, 0.1) is 0 Å². The van der Waals surface area contributed by atoms with Crippen LogP contribution < -0.4 is 4.90 Å². The quantitative estimate of drug-likeness (QED) is 0.831. The second kappa shape index (κ2) is 6.65. The zero-order valence-corrected chi connectivity index (χ0v) is 13.4. The normalized spacial score (nSPS) is 24.9. The van der Waals surface area contributed by atoms with Gasteiger partial charge in [-0.2, -0.15) is 13.2 Å². The van der Waals surface area contributed by atoms with Gasteiger partial charge < -0.3 is 9.80 Å². The van der Waals surface area contributed by atoms with Crippen molar-refractivity contribution < 1.29 is 13.2 Å². The molecule has 0 N–H and O–H groups in total. The molecule has 1 atom stereocenters. The van der Waals surface area contributed by atoms with Crippen molar-refractivity contribution in [2.75, 3.05) is 51.2 Å². The Labute approximate surface area is 134 Å². The highest BCUT2D eigenvalue weighted by Gasteiger charge is 2.31. The molecule has 3 heterocycles. The molecule has 128 valence electrons. The van der Waals surface area contributed by atoms with Crippen molar-refractivity contribution in [3.63, 3.8) is 0 Å². The Hall–Kier alpha value is -1.34. The third-order valence-electron chi connectivity index (χ3n) is 4.83. The van der Waals surface area contributed by atoms with Crippen LogP contribution in [0.25, 0.3) is 0 Å². The first-order valence-corrected chi connectivity index (χ1v) is 8.14. The summed E-state index contributed by atoms with van der Waals surface area (Å²) < 4.78 is 37.8. The van der Waals surface area contributed by atoms with Crippen molar-refractivity contribution in [3.8, 4) is 0 Å². The van der Waals surface area contributed by atoms with E-state index in [9.17, 15) is 13.2 Å². The molecule has 0 aromatic carbocycles. The molecule has 2 aliphatic rings. The standard InChI is InChI=1S/C16H23F3N4/c1-21-6-2-3-14(12-21)22-7-9-23(10-8-22)15-5-4-13(11-20-15)16(17,18)19/h4-5,11,14H,2-3,6-10,12H2,1H3. The fraction of sp³-hybridized carbons (Fsp3) is 0.688. The zero-order valence-electron chi connectivity index (χ0n) is 13.4. The van der Waals surface area contributed by atoms with Gasteiger partial charge in [-0.25, -0.2) is 4.98 Å². The van der Waals surface area contributed by atoms with Crippen LogP contribution in [0.4, 0.5) is 19.0 Å². The number of rotatable bonds is 2. The Kier molecular flexibility index (Phi) is 4.77. The van der Waals surface area contributed by atoms with Gasteiger partial charge >= 0.3 is 6.18 Å². The zero-order chi connectivity index (χ0) is 16.4. The third-order valence-corrected chi connectivity index (χ3v) is 4.83. The van der Waals surface area contributed by atoms with Crippen LogP contribution >= 0.6 is 0 Å². The number of pyridine rings is 1. The molecule has 1 unspecified atom stereocenters. The molecule has 4 nitrogen and oxygen atoms in total. The summed E-state index contributed by atoms with van der Waals surface area (Å²) in [5, 5.41) is 0. The fourth-order valence-corrected chi connectivity index (χ4v) is 3.49. The summed E-state index contributed by atoms with van der Waals surface area (Å²) in [5.41, 5.74) is -0.690. The molecule has 1 aromatic rings. The first-order valence-electron chi connectivity index (χ1n) is 8.14. The minimum absolute atomic E-state index is 0.608. The molecular formula is C16H23F3N4. The summed E-state index contributed by atoms with van der Waals surface area (Å²) in [6.07, 6.45) is -0.917. The molecule has 0 saturated carbocycles. The van der Waals surface area contributed by atoms with Crippen LogP contribution in [0.3, 0.4) is 0 Å². The monoisotopic (exact) mass is 328 g/mol. The van der Waals surface area contributed by atoms with Gasteiger partial charge in [0, 0.05) is 45.0 Å². The molecule has 2 fully saturated rings. The second-order valence-corrected chi connectivity index (χ2v) is 6.48. The number of piperazine rings is 1. The van der Waals surface area contributed by atoms with Crippen LogP contribution in [0.2, 0.25) is 0 Å². The lowest BCUT2D eigenvalue weighted by atomic mass is 10.0. The molecule has 0 radical (unpaired) electrons. The molecule has 0 bridgehead atoms. The van der Waals surface area contributed by atoms with Crippen molar-refractivity contribution in [2.24, 2.45) is 0 Å². The average Bonchev–Trinajstić information content (AvgIpc) is 2.54. The van der Waals surface area contributed by atoms with E-state index >= 15 is 0 Å². The lowest BCUT2D eigenvalue weighted by Gasteiger charge is -2.43. The van der Waals surface area contributed by atoms with E-state index in [1.165, 1.54) is 25.5 Å². The first kappa shape index (κ1) is 16.5. The lowest BCUT2D eigenvalue weighted by molar-refractivity contribution is -0.137. The molecule has 7 heteroatoms. The number of likely N-dealkylation sites (tertiary alicyclic amines) is 1. The van der Waals surface area contributed by atoms with Crippen LogP contribution in [0.15, 0.2) is 18.3 Å². The molecule has 3 rings (SSSR count). The molecule has 0 spiro atoms. The lowest BCUT2D eigenvalue weighted by Crippen LogP contribution is -2.54. The van der Waals surface area contributed by atoms with Crippen LogP contribution in [0.1, 0.15) is 18.4 Å². The highest BCUT2D eigenvalue weighted by Crippen LogP contribution is 2.29. The van der Waals surface area contributed by atoms with Gasteiger partial charge in [-0.15, -0.1) is 0 Å². The van der Waals surface area contributed by atoms with Gasteiger partial charge in [0.1, 0.15) is 5.82 Å². The number of aromatic nitrogens is 1. The number of alkyl halides is 3. The van der Waals surface area contributed by atoms with Crippen LogP contribution in [-0.2, 0) is 6.18 Å². The largest absolute Gasteiger partial charge is 0.417 e. The van der Waals surface area contributed by atoms with Crippen molar-refractivity contribution in [1.82, 2.24) is 14.8 Å². The van der Waals surface area contributed by atoms with E-state index in [0.29, 0.717) is 11.9 Å². The van der Waals surface area contributed by atoms with Crippen molar-refractivity contribution in [3.05, 3.63) is 23.9 Å². The fourth-order valence-electron chi connectivity index (χ4n) is 3.49. The van der Waals surface area contributed by atoms with E-state index in [0.717, 1.165) is 45.0 Å². The van der Waals surface area contributed by atoms with E-state index in [2.05, 4.69) is 26.7 Å². The summed E-state index contributed by atoms with van der Waals surface area (Å²) >= 11 is 0. The first-order chi connectivity index (χ1) is 10.9. The minimum Gasteiger partial charge on any atom is -0.354 e. The van der Waals surface area contributed by atoms with E-state index in [4.69, 9.17) is 0 Å². The molecule has 2 aliphatic heterocycles. The SMILES string of the molecule is CN1CCCC(N2CCN(c3ccc(C(F)(F)F)cn3)CC2)C1. The van der Waals surface area contributed by atoms with Gasteiger partial charge in [0.05, 0.1) is 5.56 Å². The van der Waals surface area contributed by atoms with Gasteiger partial charge in [-0.05, 0) is 38.6 Å². The van der Waals surface area contributed by atoms with E-state index in [1.54, 1.807) is 0 Å². The number of hydrogen-bond donors (Lipinski definition) is 0. The average molecular weight is 328 g/mol. The van der Waals surface area contributed by atoms with E-state index in [-0.39, 0.29) is 0 Å². The van der Waals surface area contributed by atoms with Crippen LogP contribution in [0.5, 0.6) is 0 Å². The predicted octanol–water partition coefficient (Wildman–Crippen LogP) is 2.32. The summed E-state index contributed by atoms with van der Waals surface area (Å²) in [6.45, 7) is 5.81. The number of likely N-dealkylation sites (N-methyl/N-ethyl adjacent to an activating group) is 1. The number of nitrogens with zero attached hydrogens (tertiary/aromatic N) is 4. The second-order valence-electron chi connectivity index (χ2n) is 6.48. The highest BCUT2D eigenvalue weighted by atomic mass is 19.4. The van der Waals surface area contributed by atoms with Gasteiger partial charge in [-0.1, -0.05) is 0 Å². The number of piperidine rings is 1. The van der Waals surface area contributed by atoms with Crippen molar-refractivity contribution in [1.29, 1.82) is 0 Å². The Morgan fingerprint density at radius 3 is 2.39 bits per heavy atom. The molecule has 1 aromatic heterocycles. The summed E-state index contributed by atoms with van der Waals surface area (Å²) in [5.74, 6) is 0.637. The highest BCUT2D eigenvalue weighted by molar-refractivity contribution is 5.40. The molecular weight excluding hydrogens is 305 g/mol. The summed E-state index contributed by atoms with van der Waals surface area (Å²) in [4.78, 5) is 11.0. The Morgan fingerprint density at radius 1 is 1.09 bits per heavy atom. The van der Waals surface area contributed by atoms with Gasteiger partial charge in [0.2, 0.25) is 0 Å². The Morgan fingerprint density at radius 2 is 1.83 bits per heavy atom. The summed E-state index contributed by atoms with van der Waals surface area (Å²) in [6, 6.07) is 3.20. The van der Waals surface area contributed by atoms with Crippen LogP contribution in [-0.4, -0.2) is 67.1 Å². The molecule has 2 saturated heterocycles. The Balaban J connectivity index is 1.56. The van der Waals surface area contributed by atoms with Crippen molar-refractivity contribution >= 4 is 5.82 Å². The van der Waals surface area contributed by atoms with Gasteiger partial charge in [0.15, 0.2) is 0 Å². The van der Waals surface area contributed by atoms with E-state index in [1.807, 2.05) is 0 Å². The topological polar surface area (TPSA) is 22.6 Å². The maximum absolute atomic E-state index is 12.6. The number of halogens is 3. The van der Waals surface area contributed by atoms with Gasteiger partial charge in [0.25, 0.3) is 0 Å². The smallest absolute Gasteiger partial charge is 0.354 e. The summed E-state index contributed by atoms with van der Waals surface area (Å²) in [7, 11) is 2.16. The molecule has 0 amide bonds. The third kappa shape index (κ3) is 3.95. The maximum atomic E-state index is 12.6. The molecule has 23 heavy (non-hydrogen) atoms. The van der Waals surface area contributed by atoms with Crippen molar-refractivity contribution in [2.45, 2.75) is 25.1 Å². The Bertz CT molecular complexity index is 509. The van der Waals surface area contributed by atoms with Gasteiger partial charge in [-0.3, -0.25) is 4.90 Å².